The van der Waals surface area contributed by atoms with Crippen LogP contribution in [0.3, 0.4) is 0 Å². The number of ether oxygens (including phenoxy) is 1. The first-order chi connectivity index (χ1) is 7.49. The first-order valence-electron chi connectivity index (χ1n) is 5.27. The molecule has 0 aromatic heterocycles. The largest absolute Gasteiger partial charge is 0.488 e. The fourth-order valence-corrected chi connectivity index (χ4v) is 1.36. The monoisotopic (exact) mass is 215 g/mol. The van der Waals surface area contributed by atoms with Gasteiger partial charge in [0.15, 0.2) is 0 Å². The van der Waals surface area contributed by atoms with Crippen LogP contribution in [0.4, 0.5) is 0 Å². The van der Waals surface area contributed by atoms with Crippen LogP contribution in [0.2, 0.25) is 0 Å². The Kier molecular flexibility index (Phi) is 3.73. The standard InChI is InChI=1S/C14H17NO/c1-5-8-16-13-7-6-12(14(2,3)4)9-11(13)10-15/h5-7,9H,1,8H2,2-4H3. The lowest BCUT2D eigenvalue weighted by atomic mass is 9.86. The molecule has 0 bridgehead atoms. The van der Waals surface area contributed by atoms with E-state index in [1.807, 2.05) is 18.2 Å². The Bertz CT molecular complexity index is 421. The molecule has 0 unspecified atom stereocenters. The molecule has 0 atom stereocenters. The average molecular weight is 215 g/mol. The molecule has 0 heterocycles. The smallest absolute Gasteiger partial charge is 0.137 e. The van der Waals surface area contributed by atoms with E-state index in [1.165, 1.54) is 0 Å². The minimum atomic E-state index is 0.0442. The summed E-state index contributed by atoms with van der Waals surface area (Å²) < 4.78 is 5.40. The number of hydrogen-bond donors (Lipinski definition) is 0. The lowest BCUT2D eigenvalue weighted by molar-refractivity contribution is 0.362. The minimum absolute atomic E-state index is 0.0442. The summed E-state index contributed by atoms with van der Waals surface area (Å²) in [5, 5.41) is 9.05. The molecule has 0 aliphatic carbocycles. The molecule has 1 rings (SSSR count). The molecule has 0 aliphatic heterocycles. The van der Waals surface area contributed by atoms with Crippen LogP contribution >= 0.6 is 0 Å². The quantitative estimate of drug-likeness (QED) is 0.724. The zero-order valence-corrected chi connectivity index (χ0v) is 10.1. The third kappa shape index (κ3) is 2.87. The zero-order chi connectivity index (χ0) is 12.2. The van der Waals surface area contributed by atoms with Gasteiger partial charge in [0.2, 0.25) is 0 Å². The minimum Gasteiger partial charge on any atom is -0.488 e. The predicted octanol–water partition coefficient (Wildman–Crippen LogP) is 3.42. The molecule has 0 amide bonds. The van der Waals surface area contributed by atoms with E-state index >= 15 is 0 Å². The number of benzene rings is 1. The van der Waals surface area contributed by atoms with Gasteiger partial charge >= 0.3 is 0 Å². The first-order valence-corrected chi connectivity index (χ1v) is 5.27. The summed E-state index contributed by atoms with van der Waals surface area (Å²) in [6.45, 7) is 10.4. The summed E-state index contributed by atoms with van der Waals surface area (Å²) in [5.41, 5.74) is 1.76. The van der Waals surface area contributed by atoms with E-state index in [1.54, 1.807) is 6.08 Å². The summed E-state index contributed by atoms with van der Waals surface area (Å²) in [6, 6.07) is 7.89. The van der Waals surface area contributed by atoms with Crippen molar-refractivity contribution in [1.82, 2.24) is 0 Å². The van der Waals surface area contributed by atoms with Crippen molar-refractivity contribution in [3.05, 3.63) is 42.0 Å². The Morgan fingerprint density at radius 2 is 2.12 bits per heavy atom. The maximum absolute atomic E-state index is 9.05. The van der Waals surface area contributed by atoms with Crippen LogP contribution in [0.25, 0.3) is 0 Å². The zero-order valence-electron chi connectivity index (χ0n) is 10.1. The van der Waals surface area contributed by atoms with Crippen LogP contribution in [0.5, 0.6) is 5.75 Å². The highest BCUT2D eigenvalue weighted by Gasteiger charge is 2.15. The lowest BCUT2D eigenvalue weighted by Gasteiger charge is -2.19. The van der Waals surface area contributed by atoms with Gasteiger partial charge in [-0.15, -0.1) is 0 Å². The second kappa shape index (κ2) is 4.85. The Labute approximate surface area is 97.2 Å². The lowest BCUT2D eigenvalue weighted by Crippen LogP contribution is -2.11. The van der Waals surface area contributed by atoms with Crippen molar-refractivity contribution in [2.45, 2.75) is 26.2 Å². The Hall–Kier alpha value is -1.75. The SMILES string of the molecule is C=CCOc1ccc(C(C)(C)C)cc1C#N. The second-order valence-electron chi connectivity index (χ2n) is 4.67. The molecule has 0 fully saturated rings. The molecule has 2 heteroatoms. The third-order valence-corrected chi connectivity index (χ3v) is 2.32. The van der Waals surface area contributed by atoms with Gasteiger partial charge in [0, 0.05) is 0 Å². The van der Waals surface area contributed by atoms with Crippen molar-refractivity contribution in [3.8, 4) is 11.8 Å². The average Bonchev–Trinajstić information content (AvgIpc) is 2.24. The fourth-order valence-electron chi connectivity index (χ4n) is 1.36. The molecular weight excluding hydrogens is 198 g/mol. The van der Waals surface area contributed by atoms with E-state index in [0.29, 0.717) is 17.9 Å². The van der Waals surface area contributed by atoms with E-state index in [-0.39, 0.29) is 5.41 Å². The number of hydrogen-bond acceptors (Lipinski definition) is 2. The van der Waals surface area contributed by atoms with E-state index in [4.69, 9.17) is 10.00 Å². The molecule has 1 aromatic rings. The van der Waals surface area contributed by atoms with E-state index in [9.17, 15) is 0 Å². The topological polar surface area (TPSA) is 33.0 Å². The van der Waals surface area contributed by atoms with Gasteiger partial charge in [0.1, 0.15) is 18.4 Å². The Morgan fingerprint density at radius 1 is 1.44 bits per heavy atom. The highest BCUT2D eigenvalue weighted by atomic mass is 16.5. The molecule has 0 aliphatic rings. The molecule has 0 saturated carbocycles. The Morgan fingerprint density at radius 3 is 2.62 bits per heavy atom. The van der Waals surface area contributed by atoms with Crippen LogP contribution in [0, 0.1) is 11.3 Å². The van der Waals surface area contributed by atoms with E-state index in [2.05, 4.69) is 33.4 Å². The van der Waals surface area contributed by atoms with Crippen LogP contribution in [0.15, 0.2) is 30.9 Å². The third-order valence-electron chi connectivity index (χ3n) is 2.32. The van der Waals surface area contributed by atoms with Gasteiger partial charge in [0.25, 0.3) is 0 Å². The summed E-state index contributed by atoms with van der Waals surface area (Å²) in [6.07, 6.45) is 1.67. The van der Waals surface area contributed by atoms with Crippen LogP contribution in [-0.4, -0.2) is 6.61 Å². The summed E-state index contributed by atoms with van der Waals surface area (Å²) in [7, 11) is 0. The molecule has 0 saturated heterocycles. The van der Waals surface area contributed by atoms with Gasteiger partial charge in [0.05, 0.1) is 5.56 Å². The second-order valence-corrected chi connectivity index (χ2v) is 4.67. The molecule has 84 valence electrons. The van der Waals surface area contributed by atoms with E-state index in [0.717, 1.165) is 5.56 Å². The molecule has 16 heavy (non-hydrogen) atoms. The van der Waals surface area contributed by atoms with Gasteiger partial charge in [-0.05, 0) is 23.1 Å². The van der Waals surface area contributed by atoms with Crippen molar-refractivity contribution in [2.24, 2.45) is 0 Å². The predicted molar refractivity (Wildman–Crippen MR) is 65.5 cm³/mol. The van der Waals surface area contributed by atoms with Crippen LogP contribution in [0.1, 0.15) is 31.9 Å². The van der Waals surface area contributed by atoms with Crippen molar-refractivity contribution < 1.29 is 4.74 Å². The van der Waals surface area contributed by atoms with Crippen molar-refractivity contribution in [3.63, 3.8) is 0 Å². The van der Waals surface area contributed by atoms with Crippen molar-refractivity contribution in [2.75, 3.05) is 6.61 Å². The number of rotatable bonds is 3. The fraction of sp³-hybridized carbons (Fsp3) is 0.357. The summed E-state index contributed by atoms with van der Waals surface area (Å²) in [4.78, 5) is 0. The summed E-state index contributed by atoms with van der Waals surface area (Å²) in [5.74, 6) is 0.621. The molecule has 0 N–H and O–H groups in total. The Balaban J connectivity index is 3.08. The molecule has 0 spiro atoms. The highest BCUT2D eigenvalue weighted by molar-refractivity contribution is 5.46. The first kappa shape index (κ1) is 12.3. The van der Waals surface area contributed by atoms with E-state index < -0.39 is 0 Å². The van der Waals surface area contributed by atoms with Gasteiger partial charge < -0.3 is 4.74 Å². The molecular formula is C14H17NO. The van der Waals surface area contributed by atoms with Crippen LogP contribution in [-0.2, 0) is 5.41 Å². The maximum atomic E-state index is 9.05. The van der Waals surface area contributed by atoms with Gasteiger partial charge in [-0.2, -0.15) is 5.26 Å². The van der Waals surface area contributed by atoms with Gasteiger partial charge in [-0.3, -0.25) is 0 Å². The van der Waals surface area contributed by atoms with Crippen LogP contribution < -0.4 is 4.74 Å². The van der Waals surface area contributed by atoms with Gasteiger partial charge in [-0.25, -0.2) is 0 Å². The summed E-state index contributed by atoms with van der Waals surface area (Å²) >= 11 is 0. The van der Waals surface area contributed by atoms with Gasteiger partial charge in [-0.1, -0.05) is 39.5 Å². The number of nitriles is 1. The number of nitrogens with zero attached hydrogens (tertiary/aromatic N) is 1. The molecule has 1 aromatic carbocycles. The highest BCUT2D eigenvalue weighted by Crippen LogP contribution is 2.27. The molecule has 2 nitrogen and oxygen atoms in total. The van der Waals surface area contributed by atoms with Crippen molar-refractivity contribution in [1.29, 1.82) is 5.26 Å². The molecule has 0 radical (unpaired) electrons. The normalized spacial score (nSPS) is 10.6. The maximum Gasteiger partial charge on any atom is 0.137 e. The van der Waals surface area contributed by atoms with Crippen molar-refractivity contribution >= 4 is 0 Å².